The third-order valence-electron chi connectivity index (χ3n) is 5.36. The van der Waals surface area contributed by atoms with Crippen LogP contribution < -0.4 is 10.6 Å². The maximum atomic E-state index is 6.57. The van der Waals surface area contributed by atoms with Crippen molar-refractivity contribution in [3.63, 3.8) is 0 Å². The van der Waals surface area contributed by atoms with Gasteiger partial charge in [-0.15, -0.1) is 0 Å². The van der Waals surface area contributed by atoms with Gasteiger partial charge in [-0.1, -0.05) is 18.2 Å². The summed E-state index contributed by atoms with van der Waals surface area (Å²) < 4.78 is 0. The first-order chi connectivity index (χ1) is 8.75. The first-order valence-corrected chi connectivity index (χ1v) is 7.39. The molecule has 4 rings (SSSR count). The van der Waals surface area contributed by atoms with Crippen LogP contribution >= 0.6 is 0 Å². The monoisotopic (exact) mass is 242 g/mol. The van der Waals surface area contributed by atoms with Gasteiger partial charge in [-0.2, -0.15) is 0 Å². The molecule has 2 heteroatoms. The fourth-order valence-electron chi connectivity index (χ4n) is 3.89. The number of nitrogens with two attached hydrogens (primary N) is 1. The summed E-state index contributed by atoms with van der Waals surface area (Å²) in [5, 5.41) is 0. The zero-order chi connectivity index (χ0) is 12.2. The van der Waals surface area contributed by atoms with E-state index in [1.165, 1.54) is 57.3 Å². The minimum Gasteiger partial charge on any atom is -0.371 e. The van der Waals surface area contributed by atoms with Gasteiger partial charge in [-0.05, 0) is 50.2 Å². The van der Waals surface area contributed by atoms with E-state index in [0.717, 1.165) is 0 Å². The Morgan fingerprint density at radius 3 is 2.22 bits per heavy atom. The van der Waals surface area contributed by atoms with Gasteiger partial charge >= 0.3 is 0 Å². The Hall–Kier alpha value is -1.02. The number of hydrogen-bond acceptors (Lipinski definition) is 2. The number of para-hydroxylation sites is 1. The minimum atomic E-state index is 0.128. The van der Waals surface area contributed by atoms with Crippen molar-refractivity contribution in [1.82, 2.24) is 0 Å². The molecule has 0 unspecified atom stereocenters. The zero-order valence-electron chi connectivity index (χ0n) is 11.0. The lowest BCUT2D eigenvalue weighted by molar-refractivity contribution is 0.503. The summed E-state index contributed by atoms with van der Waals surface area (Å²) in [6.07, 6.45) is 7.73. The molecule has 0 spiro atoms. The highest BCUT2D eigenvalue weighted by molar-refractivity contribution is 5.61. The van der Waals surface area contributed by atoms with E-state index in [1.807, 2.05) is 0 Å². The Morgan fingerprint density at radius 1 is 0.944 bits per heavy atom. The number of hydrogen-bond donors (Lipinski definition) is 1. The fourth-order valence-corrected chi connectivity index (χ4v) is 3.89. The smallest absolute Gasteiger partial charge is 0.0405 e. The SMILES string of the molecule is NC1(C2(c3ccccc3N3CCCC3)CC2)CC1. The highest BCUT2D eigenvalue weighted by Gasteiger charge is 2.64. The number of anilines is 1. The van der Waals surface area contributed by atoms with Gasteiger partial charge in [0.05, 0.1) is 0 Å². The van der Waals surface area contributed by atoms with Crippen LogP contribution in [0.15, 0.2) is 24.3 Å². The zero-order valence-corrected chi connectivity index (χ0v) is 11.0. The molecule has 0 bridgehead atoms. The summed E-state index contributed by atoms with van der Waals surface area (Å²) in [5.74, 6) is 0. The number of nitrogens with zero attached hydrogens (tertiary/aromatic N) is 1. The first-order valence-electron chi connectivity index (χ1n) is 7.39. The van der Waals surface area contributed by atoms with Crippen LogP contribution in [0.2, 0.25) is 0 Å². The van der Waals surface area contributed by atoms with Crippen molar-refractivity contribution in [2.45, 2.75) is 49.5 Å². The molecule has 2 N–H and O–H groups in total. The molecule has 3 fully saturated rings. The minimum absolute atomic E-state index is 0.128. The molecule has 0 atom stereocenters. The van der Waals surface area contributed by atoms with Crippen LogP contribution in [0.5, 0.6) is 0 Å². The Bertz CT molecular complexity index is 466. The molecule has 1 aliphatic heterocycles. The molecule has 1 aromatic rings. The van der Waals surface area contributed by atoms with Crippen molar-refractivity contribution < 1.29 is 0 Å². The van der Waals surface area contributed by atoms with E-state index >= 15 is 0 Å². The van der Waals surface area contributed by atoms with Gasteiger partial charge in [0.1, 0.15) is 0 Å². The van der Waals surface area contributed by atoms with Crippen molar-refractivity contribution >= 4 is 5.69 Å². The lowest BCUT2D eigenvalue weighted by Crippen LogP contribution is -2.38. The molecular formula is C16H22N2. The Labute approximate surface area is 109 Å². The Morgan fingerprint density at radius 2 is 1.61 bits per heavy atom. The fraction of sp³-hybridized carbons (Fsp3) is 0.625. The van der Waals surface area contributed by atoms with Gasteiger partial charge in [0, 0.05) is 29.7 Å². The van der Waals surface area contributed by atoms with Gasteiger partial charge < -0.3 is 10.6 Å². The van der Waals surface area contributed by atoms with Crippen molar-refractivity contribution in [3.05, 3.63) is 29.8 Å². The molecule has 0 amide bonds. The molecule has 0 aromatic heterocycles. The molecule has 0 radical (unpaired) electrons. The molecule has 96 valence electrons. The maximum absolute atomic E-state index is 6.57. The van der Waals surface area contributed by atoms with Crippen LogP contribution in [0.4, 0.5) is 5.69 Å². The molecule has 2 saturated carbocycles. The van der Waals surface area contributed by atoms with E-state index in [4.69, 9.17) is 5.73 Å². The summed E-state index contributed by atoms with van der Waals surface area (Å²) in [6.45, 7) is 2.45. The molecule has 1 saturated heterocycles. The first kappa shape index (κ1) is 10.9. The van der Waals surface area contributed by atoms with Crippen LogP contribution in [0.25, 0.3) is 0 Å². The largest absolute Gasteiger partial charge is 0.371 e. The second-order valence-electron chi connectivity index (χ2n) is 6.45. The lowest BCUT2D eigenvalue weighted by atomic mass is 9.85. The molecular weight excluding hydrogens is 220 g/mol. The summed E-state index contributed by atoms with van der Waals surface area (Å²) in [5.41, 5.74) is 10.0. The quantitative estimate of drug-likeness (QED) is 0.883. The maximum Gasteiger partial charge on any atom is 0.0405 e. The Balaban J connectivity index is 1.76. The average Bonchev–Trinajstić information content (AvgIpc) is 3.30. The summed E-state index contributed by atoms with van der Waals surface area (Å²) in [4.78, 5) is 2.57. The van der Waals surface area contributed by atoms with Crippen LogP contribution in [0.3, 0.4) is 0 Å². The van der Waals surface area contributed by atoms with Crippen LogP contribution in [-0.4, -0.2) is 18.6 Å². The Kier molecular flexibility index (Phi) is 2.12. The van der Waals surface area contributed by atoms with Crippen LogP contribution in [0, 0.1) is 0 Å². The molecule has 18 heavy (non-hydrogen) atoms. The average molecular weight is 242 g/mol. The number of benzene rings is 1. The van der Waals surface area contributed by atoms with E-state index in [0.29, 0.717) is 5.41 Å². The van der Waals surface area contributed by atoms with Crippen molar-refractivity contribution in [3.8, 4) is 0 Å². The van der Waals surface area contributed by atoms with Crippen LogP contribution in [-0.2, 0) is 5.41 Å². The van der Waals surface area contributed by atoms with Crippen molar-refractivity contribution in [1.29, 1.82) is 0 Å². The van der Waals surface area contributed by atoms with Crippen LogP contribution in [0.1, 0.15) is 44.1 Å². The van der Waals surface area contributed by atoms with Gasteiger partial charge in [0.25, 0.3) is 0 Å². The van der Waals surface area contributed by atoms with E-state index in [9.17, 15) is 0 Å². The second kappa shape index (κ2) is 3.51. The van der Waals surface area contributed by atoms with Gasteiger partial charge in [0.15, 0.2) is 0 Å². The predicted octanol–water partition coefficient (Wildman–Crippen LogP) is 2.81. The number of rotatable bonds is 3. The van der Waals surface area contributed by atoms with Gasteiger partial charge in [-0.3, -0.25) is 0 Å². The highest BCUT2D eigenvalue weighted by atomic mass is 15.1. The van der Waals surface area contributed by atoms with E-state index < -0.39 is 0 Å². The standard InChI is InChI=1S/C16H22N2/c17-16(9-10-16)15(7-8-15)13-5-1-2-6-14(13)18-11-3-4-12-18/h1-2,5-6H,3-4,7-12,17H2. The molecule has 1 aromatic carbocycles. The lowest BCUT2D eigenvalue weighted by Gasteiger charge is -2.30. The molecule has 3 aliphatic rings. The van der Waals surface area contributed by atoms with Crippen molar-refractivity contribution in [2.24, 2.45) is 5.73 Å². The van der Waals surface area contributed by atoms with E-state index in [-0.39, 0.29) is 5.54 Å². The molecule has 2 aliphatic carbocycles. The van der Waals surface area contributed by atoms with E-state index in [2.05, 4.69) is 29.2 Å². The van der Waals surface area contributed by atoms with Crippen molar-refractivity contribution in [2.75, 3.05) is 18.0 Å². The predicted molar refractivity (Wildman–Crippen MR) is 75.0 cm³/mol. The third-order valence-corrected chi connectivity index (χ3v) is 5.36. The topological polar surface area (TPSA) is 29.3 Å². The summed E-state index contributed by atoms with van der Waals surface area (Å²) in [7, 11) is 0. The van der Waals surface area contributed by atoms with E-state index in [1.54, 1.807) is 5.56 Å². The summed E-state index contributed by atoms with van der Waals surface area (Å²) in [6, 6.07) is 9.03. The molecule has 2 nitrogen and oxygen atoms in total. The van der Waals surface area contributed by atoms with Gasteiger partial charge in [-0.25, -0.2) is 0 Å². The van der Waals surface area contributed by atoms with Gasteiger partial charge in [0.2, 0.25) is 0 Å². The second-order valence-corrected chi connectivity index (χ2v) is 6.45. The third kappa shape index (κ3) is 1.38. The highest BCUT2D eigenvalue weighted by Crippen LogP contribution is 2.65. The summed E-state index contributed by atoms with van der Waals surface area (Å²) >= 11 is 0. The normalized spacial score (nSPS) is 27.3. The molecule has 1 heterocycles.